The number of aromatic nitrogens is 1. The summed E-state index contributed by atoms with van der Waals surface area (Å²) in [6, 6.07) is 6.98. The Bertz CT molecular complexity index is 835. The first-order valence-electron chi connectivity index (χ1n) is 9.08. The van der Waals surface area contributed by atoms with Crippen LogP contribution in [0.2, 0.25) is 0 Å². The van der Waals surface area contributed by atoms with Crippen LogP contribution < -0.4 is 4.90 Å². The SMILES string of the molecule is CCc1ccc(S(=O)(=O)c2nc(CC(C)C)oc2N2CCOCC2)cc1. The van der Waals surface area contributed by atoms with E-state index in [4.69, 9.17) is 9.15 Å². The molecule has 2 heterocycles. The molecule has 1 aliphatic rings. The summed E-state index contributed by atoms with van der Waals surface area (Å²) in [5.41, 5.74) is 1.10. The number of morpholine rings is 1. The molecule has 3 rings (SSSR count). The van der Waals surface area contributed by atoms with Crippen molar-refractivity contribution in [2.75, 3.05) is 31.2 Å². The predicted octanol–water partition coefficient (Wildman–Crippen LogP) is 3.10. The van der Waals surface area contributed by atoms with E-state index in [0.29, 0.717) is 50.4 Å². The van der Waals surface area contributed by atoms with Crippen molar-refractivity contribution in [1.29, 1.82) is 0 Å². The van der Waals surface area contributed by atoms with Crippen molar-refractivity contribution in [3.63, 3.8) is 0 Å². The average Bonchev–Trinajstić information content (AvgIpc) is 3.06. The van der Waals surface area contributed by atoms with Crippen LogP contribution in [0, 0.1) is 5.92 Å². The Kier molecular flexibility index (Phi) is 5.67. The number of rotatable bonds is 6. The van der Waals surface area contributed by atoms with Crippen molar-refractivity contribution < 1.29 is 17.6 Å². The third-order valence-corrected chi connectivity index (χ3v) is 6.07. The van der Waals surface area contributed by atoms with E-state index in [9.17, 15) is 8.42 Å². The van der Waals surface area contributed by atoms with Crippen molar-refractivity contribution in [2.24, 2.45) is 5.92 Å². The van der Waals surface area contributed by atoms with E-state index in [2.05, 4.69) is 18.8 Å². The number of nitrogens with zero attached hydrogens (tertiary/aromatic N) is 2. The molecule has 6 nitrogen and oxygen atoms in total. The zero-order valence-corrected chi connectivity index (χ0v) is 16.4. The highest BCUT2D eigenvalue weighted by molar-refractivity contribution is 7.91. The molecule has 0 saturated carbocycles. The van der Waals surface area contributed by atoms with Gasteiger partial charge >= 0.3 is 0 Å². The summed E-state index contributed by atoms with van der Waals surface area (Å²) < 4.78 is 37.7. The Balaban J connectivity index is 2.03. The molecule has 0 radical (unpaired) electrons. The Morgan fingerprint density at radius 3 is 2.38 bits per heavy atom. The van der Waals surface area contributed by atoms with Crippen molar-refractivity contribution in [3.05, 3.63) is 35.7 Å². The number of hydrogen-bond acceptors (Lipinski definition) is 6. The molecule has 1 aromatic heterocycles. The van der Waals surface area contributed by atoms with E-state index >= 15 is 0 Å². The molecule has 2 aromatic rings. The number of aryl methyl sites for hydroxylation is 1. The Morgan fingerprint density at radius 1 is 1.15 bits per heavy atom. The van der Waals surface area contributed by atoms with E-state index in [0.717, 1.165) is 12.0 Å². The normalized spacial score (nSPS) is 15.6. The van der Waals surface area contributed by atoms with Gasteiger partial charge in [-0.25, -0.2) is 8.42 Å². The molecule has 1 saturated heterocycles. The maximum atomic E-state index is 13.2. The fourth-order valence-corrected chi connectivity index (χ4v) is 4.27. The highest BCUT2D eigenvalue weighted by Crippen LogP contribution is 2.32. The second kappa shape index (κ2) is 7.80. The molecule has 0 amide bonds. The molecule has 142 valence electrons. The van der Waals surface area contributed by atoms with E-state index in [-0.39, 0.29) is 9.92 Å². The van der Waals surface area contributed by atoms with Gasteiger partial charge in [-0.15, -0.1) is 0 Å². The minimum absolute atomic E-state index is 0.0132. The van der Waals surface area contributed by atoms with Crippen LogP contribution in [0.15, 0.2) is 38.6 Å². The summed E-state index contributed by atoms with van der Waals surface area (Å²) in [4.78, 5) is 6.53. The largest absolute Gasteiger partial charge is 0.424 e. The minimum Gasteiger partial charge on any atom is -0.424 e. The van der Waals surface area contributed by atoms with Crippen LogP contribution in [0.25, 0.3) is 0 Å². The lowest BCUT2D eigenvalue weighted by Gasteiger charge is -2.26. The molecule has 0 spiro atoms. The molecule has 0 aliphatic carbocycles. The molecule has 1 fully saturated rings. The molecular weight excluding hydrogens is 352 g/mol. The van der Waals surface area contributed by atoms with Gasteiger partial charge in [0, 0.05) is 19.5 Å². The third-order valence-electron chi connectivity index (χ3n) is 4.40. The van der Waals surface area contributed by atoms with Crippen molar-refractivity contribution >= 4 is 15.7 Å². The first-order valence-corrected chi connectivity index (χ1v) is 10.6. The molecule has 0 bridgehead atoms. The maximum Gasteiger partial charge on any atom is 0.236 e. The summed E-state index contributed by atoms with van der Waals surface area (Å²) in [5, 5.41) is 0.0132. The van der Waals surface area contributed by atoms with Gasteiger partial charge in [0.2, 0.25) is 20.7 Å². The van der Waals surface area contributed by atoms with Gasteiger partial charge in [0.15, 0.2) is 5.89 Å². The summed E-state index contributed by atoms with van der Waals surface area (Å²) in [6.45, 7) is 8.42. The monoisotopic (exact) mass is 378 g/mol. The van der Waals surface area contributed by atoms with Gasteiger partial charge in [0.25, 0.3) is 0 Å². The second-order valence-electron chi connectivity index (χ2n) is 6.92. The molecule has 1 aromatic carbocycles. The summed E-state index contributed by atoms with van der Waals surface area (Å²) >= 11 is 0. The highest BCUT2D eigenvalue weighted by atomic mass is 32.2. The number of sulfone groups is 1. The standard InChI is InChI=1S/C19H26N2O4S/c1-4-15-5-7-16(8-6-15)26(22,23)18-19(21-9-11-24-12-10-21)25-17(20-18)13-14(2)3/h5-8,14H,4,9-13H2,1-3H3. The van der Waals surface area contributed by atoms with E-state index in [1.54, 1.807) is 12.1 Å². The van der Waals surface area contributed by atoms with Crippen LogP contribution >= 0.6 is 0 Å². The van der Waals surface area contributed by atoms with Crippen LogP contribution in [0.5, 0.6) is 0 Å². The number of anilines is 1. The van der Waals surface area contributed by atoms with Gasteiger partial charge in [0.1, 0.15) is 0 Å². The molecule has 1 aliphatic heterocycles. The van der Waals surface area contributed by atoms with Crippen LogP contribution in [-0.2, 0) is 27.4 Å². The van der Waals surface area contributed by atoms with Gasteiger partial charge in [-0.3, -0.25) is 0 Å². The zero-order valence-electron chi connectivity index (χ0n) is 15.6. The first-order chi connectivity index (χ1) is 12.4. The van der Waals surface area contributed by atoms with Crippen LogP contribution in [0.1, 0.15) is 32.2 Å². The van der Waals surface area contributed by atoms with Gasteiger partial charge in [-0.2, -0.15) is 4.98 Å². The number of oxazole rings is 1. The number of hydrogen-bond donors (Lipinski definition) is 0. The Hall–Kier alpha value is -1.86. The maximum absolute atomic E-state index is 13.2. The lowest BCUT2D eigenvalue weighted by atomic mass is 10.1. The zero-order chi connectivity index (χ0) is 18.7. The smallest absolute Gasteiger partial charge is 0.236 e. The Morgan fingerprint density at radius 2 is 1.81 bits per heavy atom. The first kappa shape index (κ1) is 18.9. The van der Waals surface area contributed by atoms with Crippen molar-refractivity contribution in [1.82, 2.24) is 4.98 Å². The van der Waals surface area contributed by atoms with Gasteiger partial charge in [-0.05, 0) is 30.0 Å². The molecule has 0 atom stereocenters. The van der Waals surface area contributed by atoms with Crippen LogP contribution in [-0.4, -0.2) is 39.7 Å². The van der Waals surface area contributed by atoms with E-state index < -0.39 is 9.84 Å². The predicted molar refractivity (Wildman–Crippen MR) is 99.3 cm³/mol. The molecule has 7 heteroatoms. The minimum atomic E-state index is -3.75. The lowest BCUT2D eigenvalue weighted by Crippen LogP contribution is -2.36. The van der Waals surface area contributed by atoms with E-state index in [1.807, 2.05) is 24.0 Å². The quantitative estimate of drug-likeness (QED) is 0.769. The summed E-state index contributed by atoms with van der Waals surface area (Å²) in [5.74, 6) is 1.12. The topological polar surface area (TPSA) is 72.6 Å². The van der Waals surface area contributed by atoms with E-state index in [1.165, 1.54) is 0 Å². The number of ether oxygens (including phenoxy) is 1. The van der Waals surface area contributed by atoms with Crippen LogP contribution in [0.3, 0.4) is 0 Å². The lowest BCUT2D eigenvalue weighted by molar-refractivity contribution is 0.120. The van der Waals surface area contributed by atoms with Crippen molar-refractivity contribution in [3.8, 4) is 0 Å². The molecule has 26 heavy (non-hydrogen) atoms. The fourth-order valence-electron chi connectivity index (χ4n) is 2.93. The Labute approximate surface area is 155 Å². The van der Waals surface area contributed by atoms with Gasteiger partial charge < -0.3 is 14.1 Å². The summed E-state index contributed by atoms with van der Waals surface area (Å²) in [6.07, 6.45) is 1.46. The average molecular weight is 378 g/mol. The molecule has 0 N–H and O–H groups in total. The number of benzene rings is 1. The van der Waals surface area contributed by atoms with Crippen molar-refractivity contribution in [2.45, 2.75) is 43.5 Å². The van der Waals surface area contributed by atoms with Crippen LogP contribution in [0.4, 0.5) is 5.88 Å². The second-order valence-corrected chi connectivity index (χ2v) is 8.78. The van der Waals surface area contributed by atoms with Gasteiger partial charge in [0.05, 0.1) is 18.1 Å². The van der Waals surface area contributed by atoms with Gasteiger partial charge in [-0.1, -0.05) is 32.9 Å². The molecule has 0 unspecified atom stereocenters. The highest BCUT2D eigenvalue weighted by Gasteiger charge is 2.31. The molecular formula is C19H26N2O4S. The third kappa shape index (κ3) is 3.94. The fraction of sp³-hybridized carbons (Fsp3) is 0.526. The summed E-state index contributed by atoms with van der Waals surface area (Å²) in [7, 11) is -3.75.